The lowest BCUT2D eigenvalue weighted by Crippen LogP contribution is -2.07. The summed E-state index contributed by atoms with van der Waals surface area (Å²) in [4.78, 5) is 13.3. The van der Waals surface area contributed by atoms with E-state index in [0.717, 1.165) is 18.3 Å². The Morgan fingerprint density at radius 2 is 2.16 bits per heavy atom. The van der Waals surface area contributed by atoms with Crippen LogP contribution in [-0.2, 0) is 6.54 Å². The summed E-state index contributed by atoms with van der Waals surface area (Å²) in [6.45, 7) is -0.0497. The van der Waals surface area contributed by atoms with Crippen molar-refractivity contribution in [3.63, 3.8) is 0 Å². The Morgan fingerprint density at radius 1 is 1.42 bits per heavy atom. The summed E-state index contributed by atoms with van der Waals surface area (Å²) in [6.07, 6.45) is 1.20. The number of halogens is 2. The first-order valence-electron chi connectivity index (χ1n) is 5.26. The predicted molar refractivity (Wildman–Crippen MR) is 60.2 cm³/mol. The molecule has 0 aliphatic heterocycles. The molecule has 1 heterocycles. The van der Waals surface area contributed by atoms with Crippen molar-refractivity contribution < 1.29 is 18.8 Å². The number of nitrogens with zero attached hydrogens (tertiary/aromatic N) is 3. The summed E-state index contributed by atoms with van der Waals surface area (Å²) < 4.78 is 27.0. The van der Waals surface area contributed by atoms with Crippen molar-refractivity contribution in [2.24, 2.45) is 0 Å². The van der Waals surface area contributed by atoms with Gasteiger partial charge in [0.15, 0.2) is 11.6 Å². The van der Waals surface area contributed by atoms with Gasteiger partial charge in [-0.05, 0) is 27.6 Å². The van der Waals surface area contributed by atoms with Gasteiger partial charge in [0.25, 0.3) is 0 Å². The van der Waals surface area contributed by atoms with Gasteiger partial charge in [-0.15, -0.1) is 0 Å². The largest absolute Gasteiger partial charge is 0.387 e. The molecule has 6 nitrogen and oxygen atoms in total. The van der Waals surface area contributed by atoms with Gasteiger partial charge in [0.05, 0.1) is 12.6 Å². The monoisotopic (exact) mass is 269 g/mol. The number of rotatable bonds is 4. The molecule has 2 aromatic rings. The van der Waals surface area contributed by atoms with Gasteiger partial charge < -0.3 is 19.8 Å². The van der Waals surface area contributed by atoms with E-state index in [1.165, 1.54) is 17.0 Å². The molecule has 0 bridgehead atoms. The molecule has 0 saturated heterocycles. The topological polar surface area (TPSA) is 81.2 Å². The van der Waals surface area contributed by atoms with Crippen LogP contribution < -0.4 is 0 Å². The molecule has 0 aliphatic rings. The van der Waals surface area contributed by atoms with Gasteiger partial charge in [-0.2, -0.15) is 0 Å². The van der Waals surface area contributed by atoms with Gasteiger partial charge in [0, 0.05) is 0 Å². The molecular weight excluding hydrogens is 260 g/mol. The number of aliphatic hydroxyl groups excluding tert-OH is 1. The Balaban J connectivity index is 2.13. The zero-order valence-electron chi connectivity index (χ0n) is 9.53. The molecule has 1 unspecified atom stereocenters. The Hall–Kier alpha value is -2.35. The minimum atomic E-state index is -1.12. The highest BCUT2D eigenvalue weighted by atomic mass is 19.2. The van der Waals surface area contributed by atoms with Crippen LogP contribution >= 0.6 is 0 Å². The van der Waals surface area contributed by atoms with E-state index >= 15 is 0 Å². The summed E-state index contributed by atoms with van der Waals surface area (Å²) in [6, 6.07) is 3.03. The molecule has 1 aromatic heterocycles. The van der Waals surface area contributed by atoms with Crippen molar-refractivity contribution in [3.8, 4) is 0 Å². The third-order valence-electron chi connectivity index (χ3n) is 2.52. The maximum atomic E-state index is 13.0. The average molecular weight is 269 g/mol. The van der Waals surface area contributed by atoms with Crippen molar-refractivity contribution in [2.75, 3.05) is 0 Å². The molecule has 100 valence electrons. The van der Waals surface area contributed by atoms with Crippen LogP contribution in [0.5, 0.6) is 0 Å². The molecule has 2 rings (SSSR count). The first-order valence-corrected chi connectivity index (χ1v) is 5.26. The van der Waals surface area contributed by atoms with Gasteiger partial charge in [-0.3, -0.25) is 0 Å². The molecule has 0 saturated carbocycles. The molecule has 1 N–H and O–H groups in total. The Kier molecular flexibility index (Phi) is 3.52. The zero-order chi connectivity index (χ0) is 14.0. The van der Waals surface area contributed by atoms with E-state index in [-0.39, 0.29) is 17.9 Å². The second-order valence-electron chi connectivity index (χ2n) is 3.88. The Labute approximate surface area is 106 Å². The second kappa shape index (κ2) is 5.11. The minimum Gasteiger partial charge on any atom is -0.387 e. The van der Waals surface area contributed by atoms with E-state index in [0.29, 0.717) is 0 Å². The SMILES string of the molecule is O=[N+]([O-])c1cn(CC(O)c2ccc(F)c(F)c2)cn1. The Bertz CT molecular complexity index is 615. The fourth-order valence-electron chi connectivity index (χ4n) is 1.57. The third-order valence-corrected chi connectivity index (χ3v) is 2.52. The highest BCUT2D eigenvalue weighted by Gasteiger charge is 2.15. The molecule has 0 aliphatic carbocycles. The average Bonchev–Trinajstić information content (AvgIpc) is 2.81. The summed E-state index contributed by atoms with van der Waals surface area (Å²) in [5.41, 5.74) is 0.176. The molecule has 8 heteroatoms. The molecule has 0 radical (unpaired) electrons. The number of hydrogen-bond acceptors (Lipinski definition) is 4. The standard InChI is InChI=1S/C11H9F2N3O3/c12-8-2-1-7(3-9(8)13)10(17)4-15-5-11(14-6-15)16(18)19/h1-3,5-6,10,17H,4H2. The van der Waals surface area contributed by atoms with Crippen molar-refractivity contribution in [1.82, 2.24) is 9.55 Å². The number of benzene rings is 1. The van der Waals surface area contributed by atoms with E-state index in [2.05, 4.69) is 4.98 Å². The minimum absolute atomic E-state index is 0.0497. The number of aromatic nitrogens is 2. The first-order chi connectivity index (χ1) is 8.97. The molecule has 1 atom stereocenters. The van der Waals surface area contributed by atoms with Crippen molar-refractivity contribution in [2.45, 2.75) is 12.6 Å². The highest BCUT2D eigenvalue weighted by molar-refractivity contribution is 5.20. The normalized spacial score (nSPS) is 12.4. The maximum Gasteiger partial charge on any atom is 0.381 e. The van der Waals surface area contributed by atoms with Crippen molar-refractivity contribution in [3.05, 3.63) is 58.0 Å². The van der Waals surface area contributed by atoms with Crippen LogP contribution in [0.1, 0.15) is 11.7 Å². The van der Waals surface area contributed by atoms with Gasteiger partial charge in [0.1, 0.15) is 6.20 Å². The lowest BCUT2D eigenvalue weighted by Gasteiger charge is -2.10. The van der Waals surface area contributed by atoms with Crippen LogP contribution in [0, 0.1) is 21.7 Å². The number of imidazole rings is 1. The molecule has 0 amide bonds. The fourth-order valence-corrected chi connectivity index (χ4v) is 1.57. The van der Waals surface area contributed by atoms with E-state index < -0.39 is 22.7 Å². The fraction of sp³-hybridized carbons (Fsp3) is 0.182. The quantitative estimate of drug-likeness (QED) is 0.677. The summed E-state index contributed by atoms with van der Waals surface area (Å²) >= 11 is 0. The number of nitro groups is 1. The molecule has 1 aromatic carbocycles. The third kappa shape index (κ3) is 2.91. The van der Waals surface area contributed by atoms with Crippen LogP contribution in [0.4, 0.5) is 14.6 Å². The van der Waals surface area contributed by atoms with Gasteiger partial charge in [0.2, 0.25) is 6.33 Å². The lowest BCUT2D eigenvalue weighted by atomic mass is 10.1. The van der Waals surface area contributed by atoms with Crippen LogP contribution in [-0.4, -0.2) is 19.6 Å². The van der Waals surface area contributed by atoms with E-state index in [1.807, 2.05) is 0 Å². The first kappa shape index (κ1) is 13.1. The van der Waals surface area contributed by atoms with E-state index in [4.69, 9.17) is 0 Å². The van der Waals surface area contributed by atoms with E-state index in [9.17, 15) is 24.0 Å². The van der Waals surface area contributed by atoms with Crippen LogP contribution in [0.15, 0.2) is 30.7 Å². The van der Waals surface area contributed by atoms with Crippen LogP contribution in [0.25, 0.3) is 0 Å². The van der Waals surface area contributed by atoms with Gasteiger partial charge in [-0.25, -0.2) is 8.78 Å². The van der Waals surface area contributed by atoms with Crippen molar-refractivity contribution >= 4 is 5.82 Å². The highest BCUT2D eigenvalue weighted by Crippen LogP contribution is 2.18. The smallest absolute Gasteiger partial charge is 0.381 e. The van der Waals surface area contributed by atoms with Gasteiger partial charge >= 0.3 is 5.82 Å². The molecule has 19 heavy (non-hydrogen) atoms. The molecule has 0 spiro atoms. The van der Waals surface area contributed by atoms with Gasteiger partial charge in [-0.1, -0.05) is 6.07 Å². The van der Waals surface area contributed by atoms with Crippen LogP contribution in [0.3, 0.4) is 0 Å². The number of hydrogen-bond donors (Lipinski definition) is 1. The molecular formula is C11H9F2N3O3. The molecule has 0 fully saturated rings. The predicted octanol–water partition coefficient (Wildman–Crippen LogP) is 1.80. The summed E-state index contributed by atoms with van der Waals surface area (Å²) in [5.74, 6) is -2.42. The Morgan fingerprint density at radius 3 is 2.74 bits per heavy atom. The summed E-state index contributed by atoms with van der Waals surface area (Å²) in [7, 11) is 0. The number of aliphatic hydroxyl groups is 1. The second-order valence-corrected chi connectivity index (χ2v) is 3.88. The van der Waals surface area contributed by atoms with Crippen molar-refractivity contribution in [1.29, 1.82) is 0 Å². The van der Waals surface area contributed by atoms with E-state index in [1.54, 1.807) is 0 Å². The maximum absolute atomic E-state index is 13.0. The van der Waals surface area contributed by atoms with Crippen LogP contribution in [0.2, 0.25) is 0 Å². The summed E-state index contributed by atoms with van der Waals surface area (Å²) in [5, 5.41) is 20.3. The lowest BCUT2D eigenvalue weighted by molar-refractivity contribution is -0.389. The zero-order valence-corrected chi connectivity index (χ0v) is 9.53.